The Bertz CT molecular complexity index is 4430. The summed E-state index contributed by atoms with van der Waals surface area (Å²) in [5.41, 5.74) is 8.39. The zero-order valence-corrected chi connectivity index (χ0v) is 82.6. The first-order valence-electron chi connectivity index (χ1n) is 43.9. The van der Waals surface area contributed by atoms with Gasteiger partial charge < -0.3 is 58.5 Å². The van der Waals surface area contributed by atoms with E-state index in [0.717, 1.165) is 168 Å². The van der Waals surface area contributed by atoms with Crippen LogP contribution in [-0.2, 0) is 57.1 Å². The third kappa shape index (κ3) is 33.8. The number of aliphatic hydroxyl groups excluding tert-OH is 1. The molecule has 2 amide bonds. The minimum absolute atomic E-state index is 0. The van der Waals surface area contributed by atoms with E-state index in [2.05, 4.69) is 141 Å². The first-order chi connectivity index (χ1) is 58.1. The van der Waals surface area contributed by atoms with Crippen LogP contribution in [0.25, 0.3) is 0 Å². The summed E-state index contributed by atoms with van der Waals surface area (Å²) in [7, 11) is 4.15. The number of nitrogens with one attached hydrogen (secondary N) is 1. The Morgan fingerprint density at radius 3 is 1.03 bits per heavy atom. The SMILES string of the molecule is CC1=CC[C@@H](C(=O)Cl)CC1.CC1=CC[C@@H](C(=O)Cl)CC1.CC1=CC[C@@H](C(=O)O)CC1.COC(=O)c1sc(C#CC(C)(C)C)cc1N(C(=O)[C@@H]1CC=C(C)CC1)C1CCC(O)CC1.COC(=O)c1sc(C#CC(C)(C)C)cc1N(C(=O)[C@@H]1CC=C(C)CC1)C1CCC2(CC1)OCCO2.COC(=O)c1sc(C#CC(C)(C)C)cc1NC1CCC2(CC1)OCCO2.S.S. The Kier molecular flexibility index (Phi) is 43.0. The maximum absolute atomic E-state index is 14.1. The van der Waals surface area contributed by atoms with Crippen LogP contribution in [0.5, 0.6) is 0 Å². The van der Waals surface area contributed by atoms with Crippen molar-refractivity contribution in [2.75, 3.05) is 62.9 Å². The Balaban J connectivity index is 0.000000247. The molecule has 5 heterocycles. The lowest BCUT2D eigenvalue weighted by atomic mass is 9.85. The number of hydrogen-bond acceptors (Lipinski definition) is 20. The van der Waals surface area contributed by atoms with Crippen LogP contribution in [0, 0.1) is 81.4 Å². The summed E-state index contributed by atoms with van der Waals surface area (Å²) in [6, 6.07) is 5.96. The van der Waals surface area contributed by atoms with Gasteiger partial charge in [0.2, 0.25) is 22.3 Å². The number of amides is 2. The number of allylic oxidation sites excluding steroid dienone is 10. The van der Waals surface area contributed by atoms with Crippen LogP contribution in [0.2, 0.25) is 0 Å². The number of nitrogens with zero attached hydrogens (tertiary/aromatic N) is 2. The summed E-state index contributed by atoms with van der Waals surface area (Å²) in [6.07, 6.45) is 32.7. The number of esters is 3. The standard InChI is InChI=1S/C28H37NO5S.C26H35NO4S.C20H27NO4S.2C8H11ClO.C8H12O2.2H2S/c1-19-6-8-20(9-7-19)25(30)29(21-10-14-28(15-11-21)33-16-17-34-28)23-18-22(12-13-27(2,3)4)35-24(23)26(31)32-5;1-17-6-8-18(9-7-17)24(29)27(19-10-12-20(28)13-11-19)22-16-21(14-15-26(2,3)4)32-23(22)25(30)31-5;1-19(2,3)8-7-15-13-16(17(26-15)18(22)23-4)21-14-5-9-20(10-6-14)24-11-12-25-20;3*1-6-2-4-7(5-3-6)8(9)10;;/h6,18,20-21H,7-11,14-17H2,1-5H3;6,16,18-20,28H,7-13H2,1-5H3;13-14,21H,5-6,9-12H2,1-4H3;2*2,7H,3-5H2,1H3;2,7H,3-5H2,1H3,(H,9,10);2*1H2/t20-;18-,19?,20?;;3*7-;;/m11.111../s1. The smallest absolute Gasteiger partial charge is 0.350 e. The summed E-state index contributed by atoms with van der Waals surface area (Å²) in [5, 5.41) is 21.8. The van der Waals surface area contributed by atoms with Crippen molar-refractivity contribution in [3.63, 3.8) is 0 Å². The summed E-state index contributed by atoms with van der Waals surface area (Å²) < 4.78 is 38.6. The highest BCUT2D eigenvalue weighted by atomic mass is 35.5. The van der Waals surface area contributed by atoms with Crippen LogP contribution in [0.1, 0.15) is 314 Å². The van der Waals surface area contributed by atoms with E-state index >= 15 is 0 Å². The molecule has 3 aromatic rings. The van der Waals surface area contributed by atoms with E-state index < -0.39 is 23.7 Å². The fraction of sp³-hybridized carbons (Fsp3) is 0.633. The minimum atomic E-state index is -0.649. The number of carbonyl (C=O) groups is 8. The van der Waals surface area contributed by atoms with Gasteiger partial charge in [0.15, 0.2) is 11.6 Å². The Morgan fingerprint density at radius 2 is 0.728 bits per heavy atom. The molecule has 3 saturated carbocycles. The summed E-state index contributed by atoms with van der Waals surface area (Å²) in [6.45, 7) is 31.5. The lowest BCUT2D eigenvalue weighted by Gasteiger charge is -2.41. The molecule has 3 N–H and O–H groups in total. The average molecular weight is 1860 g/mol. The molecular formula is C98H137Cl2N3O17S5. The van der Waals surface area contributed by atoms with E-state index in [1.807, 2.05) is 54.8 Å². The molecule has 2 saturated heterocycles. The number of carboxylic acids is 1. The molecule has 5 atom stereocenters. The van der Waals surface area contributed by atoms with Crippen LogP contribution >= 0.6 is 84.2 Å². The highest BCUT2D eigenvalue weighted by molar-refractivity contribution is 7.59. The lowest BCUT2D eigenvalue weighted by Crippen LogP contribution is -2.49. The number of rotatable bonds is 14. The number of carbonyl (C=O) groups excluding carboxylic acids is 7. The number of carboxylic acid groups (broad SMARTS) is 1. The van der Waals surface area contributed by atoms with E-state index in [9.17, 15) is 43.5 Å². The quantitative estimate of drug-likeness (QED) is 0.0445. The lowest BCUT2D eigenvalue weighted by molar-refractivity contribution is -0.179. The Labute approximate surface area is 779 Å². The number of halogens is 2. The molecule has 13 rings (SSSR count). The summed E-state index contributed by atoms with van der Waals surface area (Å²) in [4.78, 5) is 105. The van der Waals surface area contributed by atoms with Crippen molar-refractivity contribution in [1.82, 2.24) is 0 Å². The van der Waals surface area contributed by atoms with Crippen LogP contribution in [0.4, 0.5) is 17.1 Å². The van der Waals surface area contributed by atoms with Gasteiger partial charge in [0, 0.05) is 83.7 Å². The Morgan fingerprint density at radius 1 is 0.432 bits per heavy atom. The molecular weight excluding hydrogens is 1720 g/mol. The molecule has 8 aliphatic carbocycles. The second-order valence-electron chi connectivity index (χ2n) is 37.3. The molecule has 5 fully saturated rings. The van der Waals surface area contributed by atoms with E-state index in [1.165, 1.54) is 83.2 Å². The highest BCUT2D eigenvalue weighted by Crippen LogP contribution is 2.45. The number of thiophene rings is 3. The topological polar surface area (TPSA) is 260 Å². The monoisotopic (exact) mass is 1860 g/mol. The van der Waals surface area contributed by atoms with Crippen LogP contribution < -0.4 is 15.1 Å². The molecule has 0 unspecified atom stereocenters. The van der Waals surface area contributed by atoms with Crippen molar-refractivity contribution in [3.05, 3.63) is 106 Å². The van der Waals surface area contributed by atoms with Gasteiger partial charge in [-0.15, -0.1) is 34.0 Å². The molecule has 3 aromatic heterocycles. The molecule has 27 heteroatoms. The molecule has 690 valence electrons. The normalized spacial score (nSPS) is 23.0. The van der Waals surface area contributed by atoms with E-state index in [0.29, 0.717) is 78.1 Å². The summed E-state index contributed by atoms with van der Waals surface area (Å²) >= 11 is 14.6. The van der Waals surface area contributed by atoms with Gasteiger partial charge in [0.05, 0.1) is 91.5 Å². The van der Waals surface area contributed by atoms with Crippen molar-refractivity contribution in [2.24, 2.45) is 45.8 Å². The predicted octanol–water partition coefficient (Wildman–Crippen LogP) is 22.1. The number of hydrogen-bond donors (Lipinski definition) is 3. The molecule has 0 bridgehead atoms. The van der Waals surface area contributed by atoms with E-state index in [-0.39, 0.29) is 131 Å². The molecule has 0 aromatic carbocycles. The Hall–Kier alpha value is -6.48. The molecule has 2 spiro atoms. The van der Waals surface area contributed by atoms with E-state index in [4.69, 9.17) is 61.5 Å². The van der Waals surface area contributed by atoms with Crippen molar-refractivity contribution >= 4 is 147 Å². The molecule has 0 radical (unpaired) electrons. The number of aliphatic hydroxyl groups is 1. The van der Waals surface area contributed by atoms with Gasteiger partial charge in [-0.1, -0.05) is 93.8 Å². The van der Waals surface area contributed by atoms with E-state index in [1.54, 1.807) is 0 Å². The van der Waals surface area contributed by atoms with Gasteiger partial charge in [0.1, 0.15) is 14.6 Å². The minimum Gasteiger partial charge on any atom is -0.481 e. The molecule has 2 aliphatic heterocycles. The van der Waals surface area contributed by atoms with Gasteiger partial charge in [-0.25, -0.2) is 14.4 Å². The first-order valence-corrected chi connectivity index (χ1v) is 47.1. The van der Waals surface area contributed by atoms with Crippen molar-refractivity contribution in [1.29, 1.82) is 0 Å². The second kappa shape index (κ2) is 50.1. The van der Waals surface area contributed by atoms with Gasteiger partial charge >= 0.3 is 23.9 Å². The van der Waals surface area contributed by atoms with Crippen LogP contribution in [0.15, 0.2) is 76.4 Å². The fourth-order valence-corrected chi connectivity index (χ4v) is 19.3. The zero-order valence-electron chi connectivity index (χ0n) is 76.6. The van der Waals surface area contributed by atoms with Crippen LogP contribution in [-0.4, -0.2) is 140 Å². The summed E-state index contributed by atoms with van der Waals surface area (Å²) in [5.74, 6) is 16.6. The van der Waals surface area contributed by atoms with Crippen molar-refractivity contribution < 1.29 is 81.7 Å². The van der Waals surface area contributed by atoms with Gasteiger partial charge in [0.25, 0.3) is 0 Å². The van der Waals surface area contributed by atoms with Gasteiger partial charge in [-0.2, -0.15) is 27.0 Å². The largest absolute Gasteiger partial charge is 0.481 e. The maximum Gasteiger partial charge on any atom is 0.350 e. The second-order valence-corrected chi connectivity index (χ2v) is 41.2. The van der Waals surface area contributed by atoms with Gasteiger partial charge in [-0.3, -0.25) is 24.0 Å². The van der Waals surface area contributed by atoms with Crippen LogP contribution in [0.3, 0.4) is 0 Å². The maximum atomic E-state index is 14.1. The zero-order chi connectivity index (χ0) is 90.2. The number of methoxy groups -OCH3 is 3. The third-order valence-corrected chi connectivity index (χ3v) is 27.4. The van der Waals surface area contributed by atoms with Crippen molar-refractivity contribution in [2.45, 2.75) is 306 Å². The number of anilines is 3. The third-order valence-electron chi connectivity index (χ3n) is 23.7. The fourth-order valence-electron chi connectivity index (χ4n) is 16.2. The molecule has 125 heavy (non-hydrogen) atoms. The first kappa shape index (κ1) is 107. The molecule has 20 nitrogen and oxygen atoms in total. The predicted molar refractivity (Wildman–Crippen MR) is 512 cm³/mol. The average Bonchev–Trinajstić information content (AvgIpc) is 1.68. The highest BCUT2D eigenvalue weighted by Gasteiger charge is 2.46. The van der Waals surface area contributed by atoms with Crippen molar-refractivity contribution in [3.8, 4) is 35.5 Å². The number of aliphatic carboxylic acids is 1. The molecule has 10 aliphatic rings. The van der Waals surface area contributed by atoms with Gasteiger partial charge in [-0.05, 0) is 286 Å². The number of ether oxygens (including phenoxy) is 7.